The minimum atomic E-state index is -0.917. The fourth-order valence-corrected chi connectivity index (χ4v) is 1.64. The molecule has 2 aromatic rings. The van der Waals surface area contributed by atoms with Gasteiger partial charge in [-0.15, -0.1) is 0 Å². The SMILES string of the molecule is CC(O)(CN)Cn1cc(-c2ccccc2)cn1. The van der Waals surface area contributed by atoms with Crippen LogP contribution in [0.4, 0.5) is 0 Å². The quantitative estimate of drug-likeness (QED) is 0.832. The lowest BCUT2D eigenvalue weighted by atomic mass is 10.1. The average molecular weight is 231 g/mol. The van der Waals surface area contributed by atoms with E-state index in [1.807, 2.05) is 36.5 Å². The third-order valence-electron chi connectivity index (χ3n) is 2.68. The summed E-state index contributed by atoms with van der Waals surface area (Å²) in [6.07, 6.45) is 3.71. The van der Waals surface area contributed by atoms with Crippen molar-refractivity contribution in [2.24, 2.45) is 5.73 Å². The third kappa shape index (κ3) is 2.93. The van der Waals surface area contributed by atoms with Crippen LogP contribution in [0.5, 0.6) is 0 Å². The highest BCUT2D eigenvalue weighted by atomic mass is 16.3. The fourth-order valence-electron chi connectivity index (χ4n) is 1.64. The number of aromatic nitrogens is 2. The lowest BCUT2D eigenvalue weighted by molar-refractivity contribution is 0.0471. The summed E-state index contributed by atoms with van der Waals surface area (Å²) in [7, 11) is 0. The molecule has 0 saturated heterocycles. The van der Waals surface area contributed by atoms with E-state index in [1.54, 1.807) is 17.8 Å². The molecule has 0 saturated carbocycles. The number of benzene rings is 1. The Balaban J connectivity index is 2.17. The standard InChI is InChI=1S/C13H17N3O/c1-13(17,9-14)10-16-8-12(7-15-16)11-5-3-2-4-6-11/h2-8,17H,9-10,14H2,1H3. The van der Waals surface area contributed by atoms with Crippen molar-refractivity contribution in [3.05, 3.63) is 42.7 Å². The summed E-state index contributed by atoms with van der Waals surface area (Å²) in [6.45, 7) is 2.32. The zero-order valence-electron chi connectivity index (χ0n) is 9.87. The van der Waals surface area contributed by atoms with Crippen LogP contribution in [0.15, 0.2) is 42.7 Å². The van der Waals surface area contributed by atoms with E-state index in [-0.39, 0.29) is 6.54 Å². The van der Waals surface area contributed by atoms with Crippen LogP contribution >= 0.6 is 0 Å². The number of hydrogen-bond acceptors (Lipinski definition) is 3. The Kier molecular flexibility index (Phi) is 3.26. The molecule has 0 aliphatic heterocycles. The summed E-state index contributed by atoms with van der Waals surface area (Å²) < 4.78 is 1.72. The van der Waals surface area contributed by atoms with E-state index in [0.717, 1.165) is 11.1 Å². The average Bonchev–Trinajstić information content (AvgIpc) is 2.78. The highest BCUT2D eigenvalue weighted by Crippen LogP contribution is 2.18. The van der Waals surface area contributed by atoms with Crippen molar-refractivity contribution in [1.29, 1.82) is 0 Å². The van der Waals surface area contributed by atoms with Crippen molar-refractivity contribution < 1.29 is 5.11 Å². The van der Waals surface area contributed by atoms with Crippen molar-refractivity contribution in [2.45, 2.75) is 19.1 Å². The molecule has 0 amide bonds. The number of nitrogens with zero attached hydrogens (tertiary/aromatic N) is 2. The van der Waals surface area contributed by atoms with Gasteiger partial charge in [-0.25, -0.2) is 0 Å². The van der Waals surface area contributed by atoms with E-state index >= 15 is 0 Å². The van der Waals surface area contributed by atoms with Gasteiger partial charge in [0.2, 0.25) is 0 Å². The zero-order chi connectivity index (χ0) is 12.3. The Morgan fingerprint density at radius 1 is 1.29 bits per heavy atom. The molecular weight excluding hydrogens is 214 g/mol. The summed E-state index contributed by atoms with van der Waals surface area (Å²) >= 11 is 0. The highest BCUT2D eigenvalue weighted by molar-refractivity contribution is 5.61. The molecule has 0 fully saturated rings. The van der Waals surface area contributed by atoms with E-state index in [9.17, 15) is 5.11 Å². The van der Waals surface area contributed by atoms with Gasteiger partial charge >= 0.3 is 0 Å². The summed E-state index contributed by atoms with van der Waals surface area (Å²) in [5, 5.41) is 14.1. The first kappa shape index (κ1) is 11.8. The minimum absolute atomic E-state index is 0.216. The Morgan fingerprint density at radius 3 is 2.65 bits per heavy atom. The van der Waals surface area contributed by atoms with Gasteiger partial charge < -0.3 is 10.8 Å². The topological polar surface area (TPSA) is 64.1 Å². The van der Waals surface area contributed by atoms with Gasteiger partial charge in [0.05, 0.1) is 18.3 Å². The molecule has 0 bridgehead atoms. The van der Waals surface area contributed by atoms with Crippen molar-refractivity contribution in [3.8, 4) is 11.1 Å². The predicted molar refractivity (Wildman–Crippen MR) is 67.3 cm³/mol. The van der Waals surface area contributed by atoms with Gasteiger partial charge in [0.1, 0.15) is 0 Å². The minimum Gasteiger partial charge on any atom is -0.387 e. The Bertz CT molecular complexity index is 476. The number of nitrogens with two attached hydrogens (primary N) is 1. The van der Waals surface area contributed by atoms with Crippen LogP contribution in [-0.4, -0.2) is 27.0 Å². The molecule has 1 heterocycles. The second kappa shape index (κ2) is 4.69. The maximum atomic E-state index is 9.87. The van der Waals surface area contributed by atoms with Gasteiger partial charge in [0.15, 0.2) is 0 Å². The molecule has 4 heteroatoms. The molecule has 0 radical (unpaired) electrons. The van der Waals surface area contributed by atoms with E-state index < -0.39 is 5.60 Å². The van der Waals surface area contributed by atoms with Gasteiger partial charge in [0, 0.05) is 18.3 Å². The van der Waals surface area contributed by atoms with Crippen LogP contribution < -0.4 is 5.73 Å². The molecule has 2 rings (SSSR count). The van der Waals surface area contributed by atoms with Gasteiger partial charge in [-0.05, 0) is 12.5 Å². The summed E-state index contributed by atoms with van der Waals surface area (Å²) in [4.78, 5) is 0. The van der Waals surface area contributed by atoms with Crippen molar-refractivity contribution in [1.82, 2.24) is 9.78 Å². The number of hydrogen-bond donors (Lipinski definition) is 2. The molecule has 17 heavy (non-hydrogen) atoms. The van der Waals surface area contributed by atoms with Gasteiger partial charge in [-0.3, -0.25) is 4.68 Å². The van der Waals surface area contributed by atoms with E-state index in [1.165, 1.54) is 0 Å². The van der Waals surface area contributed by atoms with Crippen LogP contribution in [0, 0.1) is 0 Å². The molecule has 4 nitrogen and oxygen atoms in total. The van der Waals surface area contributed by atoms with Gasteiger partial charge in [0.25, 0.3) is 0 Å². The predicted octanol–water partition coefficient (Wildman–Crippen LogP) is 1.26. The molecule has 1 aromatic heterocycles. The van der Waals surface area contributed by atoms with Crippen LogP contribution in [-0.2, 0) is 6.54 Å². The first-order valence-electron chi connectivity index (χ1n) is 5.61. The number of rotatable bonds is 4. The van der Waals surface area contributed by atoms with Gasteiger partial charge in [-0.1, -0.05) is 30.3 Å². The first-order valence-corrected chi connectivity index (χ1v) is 5.61. The summed E-state index contributed by atoms with van der Waals surface area (Å²) in [5.41, 5.74) is 6.72. The Labute approximate surface area is 101 Å². The highest BCUT2D eigenvalue weighted by Gasteiger charge is 2.19. The van der Waals surface area contributed by atoms with Gasteiger partial charge in [-0.2, -0.15) is 5.10 Å². The van der Waals surface area contributed by atoms with E-state index in [4.69, 9.17) is 5.73 Å². The Morgan fingerprint density at radius 2 is 2.00 bits per heavy atom. The lowest BCUT2D eigenvalue weighted by Crippen LogP contribution is -2.38. The first-order chi connectivity index (χ1) is 8.11. The third-order valence-corrected chi connectivity index (χ3v) is 2.68. The molecule has 0 spiro atoms. The Hall–Kier alpha value is -1.65. The number of aliphatic hydroxyl groups is 1. The second-order valence-electron chi connectivity index (χ2n) is 4.49. The van der Waals surface area contributed by atoms with E-state index in [0.29, 0.717) is 6.54 Å². The van der Waals surface area contributed by atoms with Crippen molar-refractivity contribution in [3.63, 3.8) is 0 Å². The summed E-state index contributed by atoms with van der Waals surface area (Å²) in [6, 6.07) is 10.0. The van der Waals surface area contributed by atoms with Crippen LogP contribution in [0.2, 0.25) is 0 Å². The molecule has 90 valence electrons. The molecule has 1 aromatic carbocycles. The summed E-state index contributed by atoms with van der Waals surface area (Å²) in [5.74, 6) is 0. The van der Waals surface area contributed by atoms with Crippen molar-refractivity contribution in [2.75, 3.05) is 6.54 Å². The fraction of sp³-hybridized carbons (Fsp3) is 0.308. The van der Waals surface area contributed by atoms with Crippen LogP contribution in [0.25, 0.3) is 11.1 Å². The molecule has 1 atom stereocenters. The largest absolute Gasteiger partial charge is 0.387 e. The van der Waals surface area contributed by atoms with Crippen LogP contribution in [0.3, 0.4) is 0 Å². The molecule has 3 N–H and O–H groups in total. The normalized spacial score (nSPS) is 14.5. The smallest absolute Gasteiger partial charge is 0.0936 e. The van der Waals surface area contributed by atoms with E-state index in [2.05, 4.69) is 5.10 Å². The monoisotopic (exact) mass is 231 g/mol. The zero-order valence-corrected chi connectivity index (χ0v) is 9.87. The maximum absolute atomic E-state index is 9.87. The molecule has 1 unspecified atom stereocenters. The van der Waals surface area contributed by atoms with Crippen LogP contribution in [0.1, 0.15) is 6.92 Å². The van der Waals surface area contributed by atoms with Crippen molar-refractivity contribution >= 4 is 0 Å². The molecule has 0 aliphatic carbocycles. The molecule has 0 aliphatic rings. The molecular formula is C13H17N3O. The second-order valence-corrected chi connectivity index (χ2v) is 4.49. The maximum Gasteiger partial charge on any atom is 0.0936 e. The lowest BCUT2D eigenvalue weighted by Gasteiger charge is -2.20.